The second-order valence-corrected chi connectivity index (χ2v) is 5.27. The molecule has 0 aliphatic rings. The number of ether oxygens (including phenoxy) is 1. The van der Waals surface area contributed by atoms with Crippen molar-refractivity contribution in [3.05, 3.63) is 66.4 Å². The fourth-order valence-electron chi connectivity index (χ4n) is 2.54. The van der Waals surface area contributed by atoms with Gasteiger partial charge in [0.25, 0.3) is 0 Å². The lowest BCUT2D eigenvalue weighted by Crippen LogP contribution is -2.12. The Morgan fingerprint density at radius 3 is 2.71 bits per heavy atom. The van der Waals surface area contributed by atoms with Gasteiger partial charge < -0.3 is 9.30 Å². The fraction of sp³-hybridized carbons (Fsp3) is 0.158. The molecular formula is C19H19N3O2. The van der Waals surface area contributed by atoms with Gasteiger partial charge in [-0.15, -0.1) is 0 Å². The second kappa shape index (κ2) is 7.46. The molecule has 0 saturated heterocycles. The summed E-state index contributed by atoms with van der Waals surface area (Å²) >= 11 is 0. The van der Waals surface area contributed by atoms with Gasteiger partial charge >= 0.3 is 5.97 Å². The van der Waals surface area contributed by atoms with Gasteiger partial charge in [-0.2, -0.15) is 5.10 Å². The average Bonchev–Trinajstić information content (AvgIpc) is 2.94. The molecule has 5 heteroatoms. The van der Waals surface area contributed by atoms with Crippen molar-refractivity contribution in [1.29, 1.82) is 0 Å². The number of hydrogen-bond acceptors (Lipinski definition) is 4. The van der Waals surface area contributed by atoms with Crippen LogP contribution in [0.25, 0.3) is 10.9 Å². The molecule has 3 rings (SSSR count). The molecule has 1 aromatic heterocycles. The van der Waals surface area contributed by atoms with Gasteiger partial charge in [-0.25, -0.2) is 0 Å². The monoisotopic (exact) mass is 321 g/mol. The number of carbonyl (C=O) groups is 1. The molecule has 0 unspecified atom stereocenters. The van der Waals surface area contributed by atoms with Crippen LogP contribution in [0.15, 0.2) is 65.9 Å². The molecule has 1 heterocycles. The second-order valence-electron chi connectivity index (χ2n) is 5.27. The van der Waals surface area contributed by atoms with Gasteiger partial charge in [0.05, 0.1) is 18.5 Å². The van der Waals surface area contributed by atoms with Crippen molar-refractivity contribution in [2.45, 2.75) is 13.5 Å². The minimum atomic E-state index is -0.246. The molecule has 0 bridgehead atoms. The summed E-state index contributed by atoms with van der Waals surface area (Å²) in [4.78, 5) is 11.8. The van der Waals surface area contributed by atoms with E-state index in [4.69, 9.17) is 4.74 Å². The summed E-state index contributed by atoms with van der Waals surface area (Å²) in [6, 6.07) is 17.7. The predicted molar refractivity (Wildman–Crippen MR) is 96.2 cm³/mol. The van der Waals surface area contributed by atoms with Crippen molar-refractivity contribution in [2.24, 2.45) is 5.10 Å². The average molecular weight is 321 g/mol. The van der Waals surface area contributed by atoms with Crippen LogP contribution in [-0.4, -0.2) is 23.4 Å². The molecule has 0 amide bonds. The first-order chi connectivity index (χ1) is 11.8. The van der Waals surface area contributed by atoms with Gasteiger partial charge in [0.15, 0.2) is 0 Å². The van der Waals surface area contributed by atoms with E-state index in [2.05, 4.69) is 10.5 Å². The van der Waals surface area contributed by atoms with E-state index in [1.54, 1.807) is 13.1 Å². The van der Waals surface area contributed by atoms with Crippen LogP contribution in [0.4, 0.5) is 5.69 Å². The quantitative estimate of drug-likeness (QED) is 0.428. The van der Waals surface area contributed by atoms with Crippen LogP contribution < -0.4 is 5.43 Å². The largest absolute Gasteiger partial charge is 0.465 e. The first kappa shape index (κ1) is 15.8. The Bertz CT molecular complexity index is 853. The number of hydrazone groups is 1. The van der Waals surface area contributed by atoms with Crippen molar-refractivity contribution in [2.75, 3.05) is 12.0 Å². The third-order valence-electron chi connectivity index (χ3n) is 3.60. The highest BCUT2D eigenvalue weighted by atomic mass is 16.5. The summed E-state index contributed by atoms with van der Waals surface area (Å²) in [5, 5.41) is 5.33. The molecule has 0 radical (unpaired) electrons. The zero-order valence-corrected chi connectivity index (χ0v) is 13.5. The summed E-state index contributed by atoms with van der Waals surface area (Å²) in [6.07, 6.45) is 3.68. The van der Waals surface area contributed by atoms with Crippen LogP contribution in [0.5, 0.6) is 0 Å². The zero-order chi connectivity index (χ0) is 16.8. The molecule has 3 aromatic rings. The number of rotatable bonds is 6. The first-order valence-corrected chi connectivity index (χ1v) is 7.85. The maximum absolute atomic E-state index is 11.8. The van der Waals surface area contributed by atoms with Gasteiger partial charge in [-0.3, -0.25) is 10.2 Å². The van der Waals surface area contributed by atoms with Crippen LogP contribution in [0, 0.1) is 0 Å². The van der Waals surface area contributed by atoms with Gasteiger partial charge in [-0.1, -0.05) is 36.4 Å². The van der Waals surface area contributed by atoms with E-state index in [9.17, 15) is 4.79 Å². The van der Waals surface area contributed by atoms with Crippen molar-refractivity contribution in [3.63, 3.8) is 0 Å². The van der Waals surface area contributed by atoms with Crippen LogP contribution in [0.1, 0.15) is 12.5 Å². The van der Waals surface area contributed by atoms with Crippen molar-refractivity contribution >= 4 is 28.8 Å². The van der Waals surface area contributed by atoms with Crippen LogP contribution in [-0.2, 0) is 16.1 Å². The lowest BCUT2D eigenvalue weighted by molar-refractivity contribution is -0.143. The molecule has 0 aliphatic carbocycles. The molecule has 2 aromatic carbocycles. The summed E-state index contributed by atoms with van der Waals surface area (Å²) in [6.45, 7) is 2.38. The highest BCUT2D eigenvalue weighted by Crippen LogP contribution is 2.20. The molecule has 0 saturated carbocycles. The van der Waals surface area contributed by atoms with E-state index < -0.39 is 0 Å². The van der Waals surface area contributed by atoms with Crippen molar-refractivity contribution in [1.82, 2.24) is 4.57 Å². The predicted octanol–water partition coefficient (Wildman–Crippen LogP) is 3.65. The third kappa shape index (κ3) is 3.63. The normalized spacial score (nSPS) is 11.0. The molecule has 24 heavy (non-hydrogen) atoms. The summed E-state index contributed by atoms with van der Waals surface area (Å²) < 4.78 is 6.92. The first-order valence-electron chi connectivity index (χ1n) is 7.85. The molecule has 0 atom stereocenters. The standard InChI is InChI=1S/C19H19N3O2/c1-2-24-19(23)14-22-13-15(17-10-6-7-11-18(17)22)12-20-21-16-8-4-3-5-9-16/h3-13,21H,2,14H2,1H3/b20-12-. The maximum atomic E-state index is 11.8. The molecule has 0 fully saturated rings. The van der Waals surface area contributed by atoms with Gasteiger partial charge in [0, 0.05) is 22.7 Å². The van der Waals surface area contributed by atoms with Crippen molar-refractivity contribution < 1.29 is 9.53 Å². The Balaban J connectivity index is 1.84. The van der Waals surface area contributed by atoms with E-state index in [1.165, 1.54) is 0 Å². The SMILES string of the molecule is CCOC(=O)Cn1cc(/C=N\Nc2ccccc2)c2ccccc21. The van der Waals surface area contributed by atoms with Gasteiger partial charge in [0.2, 0.25) is 0 Å². The molecule has 122 valence electrons. The van der Waals surface area contributed by atoms with Crippen LogP contribution in [0.2, 0.25) is 0 Å². The molecular weight excluding hydrogens is 302 g/mol. The summed E-state index contributed by atoms with van der Waals surface area (Å²) in [5.74, 6) is -0.246. The Morgan fingerprint density at radius 1 is 1.17 bits per heavy atom. The number of carbonyl (C=O) groups excluding carboxylic acids is 1. The maximum Gasteiger partial charge on any atom is 0.325 e. The Hall–Kier alpha value is -3.08. The molecule has 0 aliphatic heterocycles. The van der Waals surface area contributed by atoms with E-state index in [-0.39, 0.29) is 12.5 Å². The van der Waals surface area contributed by atoms with Crippen LogP contribution in [0.3, 0.4) is 0 Å². The lowest BCUT2D eigenvalue weighted by Gasteiger charge is -2.04. The number of benzene rings is 2. The third-order valence-corrected chi connectivity index (χ3v) is 3.60. The Morgan fingerprint density at radius 2 is 1.92 bits per heavy atom. The van der Waals surface area contributed by atoms with Gasteiger partial charge in [-0.05, 0) is 25.1 Å². The number of hydrogen-bond donors (Lipinski definition) is 1. The van der Waals surface area contributed by atoms with Crippen LogP contribution >= 0.6 is 0 Å². The topological polar surface area (TPSA) is 55.6 Å². The number of anilines is 1. The van der Waals surface area contributed by atoms with Gasteiger partial charge in [0.1, 0.15) is 6.54 Å². The number of esters is 1. The summed E-state index contributed by atoms with van der Waals surface area (Å²) in [7, 11) is 0. The number of fused-ring (bicyclic) bond motifs is 1. The lowest BCUT2D eigenvalue weighted by atomic mass is 10.2. The van der Waals surface area contributed by atoms with E-state index in [0.29, 0.717) is 6.61 Å². The number of nitrogens with zero attached hydrogens (tertiary/aromatic N) is 2. The van der Waals surface area contributed by atoms with E-state index in [1.807, 2.05) is 65.4 Å². The Labute approximate surface area is 140 Å². The smallest absolute Gasteiger partial charge is 0.325 e. The number of nitrogens with one attached hydrogen (secondary N) is 1. The minimum absolute atomic E-state index is 0.189. The van der Waals surface area contributed by atoms with Crippen molar-refractivity contribution in [3.8, 4) is 0 Å². The molecule has 5 nitrogen and oxygen atoms in total. The molecule has 1 N–H and O–H groups in total. The molecule has 0 spiro atoms. The fourth-order valence-corrected chi connectivity index (χ4v) is 2.54. The minimum Gasteiger partial charge on any atom is -0.465 e. The highest BCUT2D eigenvalue weighted by Gasteiger charge is 2.10. The van der Waals surface area contributed by atoms with E-state index >= 15 is 0 Å². The summed E-state index contributed by atoms with van der Waals surface area (Å²) in [5.41, 5.74) is 5.84. The number of aromatic nitrogens is 1. The zero-order valence-electron chi connectivity index (χ0n) is 13.5. The Kier molecular flexibility index (Phi) is 4.91. The van der Waals surface area contributed by atoms with E-state index in [0.717, 1.165) is 22.2 Å². The number of para-hydroxylation sites is 2. The highest BCUT2D eigenvalue weighted by molar-refractivity contribution is 6.00.